The van der Waals surface area contributed by atoms with Gasteiger partial charge in [-0.25, -0.2) is 4.79 Å². The Morgan fingerprint density at radius 3 is 2.37 bits per heavy atom. The van der Waals surface area contributed by atoms with E-state index in [9.17, 15) is 22.8 Å². The summed E-state index contributed by atoms with van der Waals surface area (Å²) in [4.78, 5) is 23.9. The van der Waals surface area contributed by atoms with Crippen molar-refractivity contribution in [3.8, 4) is 0 Å². The smallest absolute Gasteiger partial charge is 0.417 e. The Labute approximate surface area is 155 Å². The van der Waals surface area contributed by atoms with Crippen LogP contribution < -0.4 is 5.32 Å². The average molecular weight is 379 g/mol. The van der Waals surface area contributed by atoms with E-state index in [1.54, 1.807) is 6.92 Å². The number of ether oxygens (including phenoxy) is 1. The summed E-state index contributed by atoms with van der Waals surface area (Å²) in [6, 6.07) is 9.69. The maximum Gasteiger partial charge on any atom is 0.417 e. The Morgan fingerprint density at radius 1 is 1.07 bits per heavy atom. The lowest BCUT2D eigenvalue weighted by Crippen LogP contribution is -2.31. The van der Waals surface area contributed by atoms with E-state index in [0.717, 1.165) is 28.8 Å². The van der Waals surface area contributed by atoms with Gasteiger partial charge in [0, 0.05) is 0 Å². The van der Waals surface area contributed by atoms with Crippen molar-refractivity contribution in [1.29, 1.82) is 0 Å². The van der Waals surface area contributed by atoms with Crippen LogP contribution in [0.3, 0.4) is 0 Å². The van der Waals surface area contributed by atoms with Crippen LogP contribution in [0.1, 0.15) is 45.6 Å². The standard InChI is InChI=1S/C20H20F3NO3/c1-12-8-9-15(10-13(12)2)14(3)24-18(25)11-27-19(26)16-6-4-5-7-17(16)20(21,22)23/h4-10,14H,11H2,1-3H3,(H,24,25)/t14-/m1/s1. The Bertz CT molecular complexity index is 847. The number of hydrogen-bond acceptors (Lipinski definition) is 3. The van der Waals surface area contributed by atoms with E-state index in [1.807, 2.05) is 32.0 Å². The van der Waals surface area contributed by atoms with Crippen LogP contribution in [0.4, 0.5) is 13.2 Å². The van der Waals surface area contributed by atoms with Crippen molar-refractivity contribution in [3.63, 3.8) is 0 Å². The summed E-state index contributed by atoms with van der Waals surface area (Å²) in [5, 5.41) is 2.66. The van der Waals surface area contributed by atoms with Gasteiger partial charge in [-0.15, -0.1) is 0 Å². The molecule has 0 fully saturated rings. The lowest BCUT2D eigenvalue weighted by Gasteiger charge is -2.16. The highest BCUT2D eigenvalue weighted by Crippen LogP contribution is 2.32. The Kier molecular flexibility index (Phi) is 6.25. The van der Waals surface area contributed by atoms with Gasteiger partial charge in [0.15, 0.2) is 6.61 Å². The molecule has 0 spiro atoms. The third kappa shape index (κ3) is 5.32. The van der Waals surface area contributed by atoms with Crippen LogP contribution in [0.5, 0.6) is 0 Å². The van der Waals surface area contributed by atoms with Crippen molar-refractivity contribution in [1.82, 2.24) is 5.32 Å². The highest BCUT2D eigenvalue weighted by molar-refractivity contribution is 5.93. The fourth-order valence-corrected chi connectivity index (χ4v) is 2.52. The topological polar surface area (TPSA) is 55.4 Å². The largest absolute Gasteiger partial charge is 0.452 e. The molecule has 0 radical (unpaired) electrons. The predicted molar refractivity (Wildman–Crippen MR) is 94.2 cm³/mol. The zero-order valence-electron chi connectivity index (χ0n) is 15.2. The van der Waals surface area contributed by atoms with Crippen LogP contribution in [0, 0.1) is 13.8 Å². The molecule has 144 valence electrons. The molecule has 1 atom stereocenters. The molecule has 0 saturated heterocycles. The van der Waals surface area contributed by atoms with Gasteiger partial charge >= 0.3 is 12.1 Å². The van der Waals surface area contributed by atoms with E-state index in [-0.39, 0.29) is 6.04 Å². The van der Waals surface area contributed by atoms with Gasteiger partial charge in [-0.05, 0) is 49.6 Å². The number of benzene rings is 2. The first-order chi connectivity index (χ1) is 12.6. The molecule has 0 bridgehead atoms. The third-order valence-corrected chi connectivity index (χ3v) is 4.20. The molecule has 2 rings (SSSR count). The fraction of sp³-hybridized carbons (Fsp3) is 0.300. The first-order valence-electron chi connectivity index (χ1n) is 8.29. The molecule has 7 heteroatoms. The number of nitrogens with one attached hydrogen (secondary N) is 1. The maximum atomic E-state index is 12.9. The Balaban J connectivity index is 1.97. The number of esters is 1. The summed E-state index contributed by atoms with van der Waals surface area (Å²) < 4.78 is 43.6. The lowest BCUT2D eigenvalue weighted by molar-refractivity contribution is -0.138. The van der Waals surface area contributed by atoms with Gasteiger partial charge in [0.25, 0.3) is 5.91 Å². The van der Waals surface area contributed by atoms with Crippen LogP contribution in [0.25, 0.3) is 0 Å². The molecule has 0 heterocycles. The van der Waals surface area contributed by atoms with Gasteiger partial charge in [0.1, 0.15) is 0 Å². The van der Waals surface area contributed by atoms with Crippen molar-refractivity contribution in [2.45, 2.75) is 33.0 Å². The summed E-state index contributed by atoms with van der Waals surface area (Å²) in [6.45, 7) is 5.02. The van der Waals surface area contributed by atoms with E-state index in [1.165, 1.54) is 12.1 Å². The minimum Gasteiger partial charge on any atom is -0.452 e. The predicted octanol–water partition coefficient (Wildman–Crippen LogP) is 4.36. The molecule has 0 unspecified atom stereocenters. The second kappa shape index (κ2) is 8.24. The van der Waals surface area contributed by atoms with Crippen LogP contribution in [0.15, 0.2) is 42.5 Å². The number of hydrogen-bond donors (Lipinski definition) is 1. The molecule has 0 aliphatic carbocycles. The van der Waals surface area contributed by atoms with Crippen molar-refractivity contribution >= 4 is 11.9 Å². The van der Waals surface area contributed by atoms with E-state index in [0.29, 0.717) is 0 Å². The normalized spacial score (nSPS) is 12.4. The SMILES string of the molecule is Cc1ccc([C@@H](C)NC(=O)COC(=O)c2ccccc2C(F)(F)F)cc1C. The van der Waals surface area contributed by atoms with E-state index in [2.05, 4.69) is 5.32 Å². The van der Waals surface area contributed by atoms with Crippen molar-refractivity contribution in [3.05, 3.63) is 70.3 Å². The minimum atomic E-state index is -4.68. The molecule has 2 aromatic carbocycles. The molecule has 0 saturated carbocycles. The highest BCUT2D eigenvalue weighted by Gasteiger charge is 2.35. The number of rotatable bonds is 5. The minimum absolute atomic E-state index is 0.335. The van der Waals surface area contributed by atoms with Gasteiger partial charge in [0.2, 0.25) is 0 Å². The van der Waals surface area contributed by atoms with Crippen molar-refractivity contribution < 1.29 is 27.5 Å². The fourth-order valence-electron chi connectivity index (χ4n) is 2.52. The highest BCUT2D eigenvalue weighted by atomic mass is 19.4. The number of carbonyl (C=O) groups is 2. The summed E-state index contributed by atoms with van der Waals surface area (Å²) in [5.41, 5.74) is 1.34. The van der Waals surface area contributed by atoms with Gasteiger partial charge in [-0.1, -0.05) is 30.3 Å². The summed E-state index contributed by atoms with van der Waals surface area (Å²) in [5.74, 6) is -1.80. The van der Waals surface area contributed by atoms with E-state index >= 15 is 0 Å². The zero-order valence-corrected chi connectivity index (χ0v) is 15.2. The molecule has 0 aromatic heterocycles. The number of aryl methyl sites for hydroxylation is 2. The van der Waals surface area contributed by atoms with Crippen molar-refractivity contribution in [2.75, 3.05) is 6.61 Å². The van der Waals surface area contributed by atoms with Gasteiger partial charge in [-0.3, -0.25) is 4.79 Å². The Morgan fingerprint density at radius 2 is 1.74 bits per heavy atom. The van der Waals surface area contributed by atoms with Crippen LogP contribution in [-0.4, -0.2) is 18.5 Å². The molecule has 1 N–H and O–H groups in total. The van der Waals surface area contributed by atoms with Crippen LogP contribution >= 0.6 is 0 Å². The summed E-state index contributed by atoms with van der Waals surface area (Å²) >= 11 is 0. The number of alkyl halides is 3. The van der Waals surface area contributed by atoms with E-state index < -0.39 is 35.8 Å². The summed E-state index contributed by atoms with van der Waals surface area (Å²) in [7, 11) is 0. The van der Waals surface area contributed by atoms with Crippen LogP contribution in [-0.2, 0) is 15.7 Å². The first kappa shape index (κ1) is 20.5. The second-order valence-electron chi connectivity index (χ2n) is 6.25. The molecule has 4 nitrogen and oxygen atoms in total. The molecule has 2 aromatic rings. The first-order valence-corrected chi connectivity index (χ1v) is 8.29. The number of amides is 1. The number of halogens is 3. The quantitative estimate of drug-likeness (QED) is 0.786. The molecular weight excluding hydrogens is 359 g/mol. The van der Waals surface area contributed by atoms with Gasteiger partial charge < -0.3 is 10.1 Å². The second-order valence-corrected chi connectivity index (χ2v) is 6.25. The maximum absolute atomic E-state index is 12.9. The van der Waals surface area contributed by atoms with E-state index in [4.69, 9.17) is 4.74 Å². The average Bonchev–Trinajstić information content (AvgIpc) is 2.61. The van der Waals surface area contributed by atoms with Crippen LogP contribution in [0.2, 0.25) is 0 Å². The molecule has 0 aliphatic heterocycles. The molecule has 1 amide bonds. The lowest BCUT2D eigenvalue weighted by atomic mass is 10.0. The van der Waals surface area contributed by atoms with Gasteiger partial charge in [-0.2, -0.15) is 13.2 Å². The number of carbonyl (C=O) groups excluding carboxylic acids is 2. The monoisotopic (exact) mass is 379 g/mol. The Hall–Kier alpha value is -2.83. The van der Waals surface area contributed by atoms with Gasteiger partial charge in [0.05, 0.1) is 17.2 Å². The molecular formula is C20H20F3NO3. The molecule has 27 heavy (non-hydrogen) atoms. The molecule has 0 aliphatic rings. The van der Waals surface area contributed by atoms with Crippen molar-refractivity contribution in [2.24, 2.45) is 0 Å². The summed E-state index contributed by atoms with van der Waals surface area (Å²) in [6.07, 6.45) is -4.68. The third-order valence-electron chi connectivity index (χ3n) is 4.20. The zero-order chi connectivity index (χ0) is 20.2.